The van der Waals surface area contributed by atoms with Crippen LogP contribution in [0, 0.1) is 5.92 Å². The number of alkyl halides is 4. The normalized spacial score (nSPS) is 17.5. The average Bonchev–Trinajstić information content (AvgIpc) is 3.57. The highest BCUT2D eigenvalue weighted by molar-refractivity contribution is 7.92. The minimum atomic E-state index is -5.16. The van der Waals surface area contributed by atoms with Crippen molar-refractivity contribution in [2.75, 3.05) is 0 Å². The van der Waals surface area contributed by atoms with E-state index in [0.29, 0.717) is 21.7 Å². The minimum Gasteiger partial charge on any atom is -0.358 e. The van der Waals surface area contributed by atoms with Gasteiger partial charge in [0, 0.05) is 27.5 Å². The highest BCUT2D eigenvalue weighted by Gasteiger charge is 2.59. The summed E-state index contributed by atoms with van der Waals surface area (Å²) in [6.07, 6.45) is -5.22. The van der Waals surface area contributed by atoms with Crippen LogP contribution in [0.4, 0.5) is 17.6 Å². The van der Waals surface area contributed by atoms with Gasteiger partial charge in [-0.3, -0.25) is 4.79 Å². The average molecular weight is 557 g/mol. The standard InChI is InChI=1S/C23H17ClF4N4O4S/c24-13-6-7-17-16(10-13)15-8-12(9-18(15)30-17)22(25,37(34,35)14-4-2-1-3-5-14)21-31-19(32-36-21)11-29-20(33)23(26,27)28/h1-7,10,12,30H,8-9,11H2,(H,29,33)/t12-,22+/m1/s1. The number of aromatic nitrogens is 3. The summed E-state index contributed by atoms with van der Waals surface area (Å²) in [4.78, 5) is 17.7. The lowest BCUT2D eigenvalue weighted by molar-refractivity contribution is -0.173. The Kier molecular flexibility index (Phi) is 6.02. The molecule has 8 nitrogen and oxygen atoms in total. The Morgan fingerprint density at radius 1 is 1.14 bits per heavy atom. The van der Waals surface area contributed by atoms with E-state index in [1.54, 1.807) is 29.6 Å². The topological polar surface area (TPSA) is 118 Å². The molecule has 0 saturated heterocycles. The van der Waals surface area contributed by atoms with Crippen LogP contribution in [-0.4, -0.2) is 35.6 Å². The molecule has 5 rings (SSSR count). The summed E-state index contributed by atoms with van der Waals surface area (Å²) >= 11 is 6.12. The Bertz CT molecular complexity index is 1600. The Labute approximate surface area is 211 Å². The van der Waals surface area contributed by atoms with Crippen molar-refractivity contribution >= 4 is 38.2 Å². The van der Waals surface area contributed by atoms with Crippen LogP contribution in [0.25, 0.3) is 10.9 Å². The molecule has 0 radical (unpaired) electrons. The number of hydrogen-bond donors (Lipinski definition) is 2. The first-order valence-electron chi connectivity index (χ1n) is 10.9. The quantitative estimate of drug-likeness (QED) is 0.340. The number of carbonyl (C=O) groups is 1. The van der Waals surface area contributed by atoms with Crippen LogP contribution >= 0.6 is 11.6 Å². The van der Waals surface area contributed by atoms with Gasteiger partial charge in [0.1, 0.15) is 0 Å². The van der Waals surface area contributed by atoms with E-state index >= 15 is 4.39 Å². The van der Waals surface area contributed by atoms with Crippen LogP contribution in [0.3, 0.4) is 0 Å². The second-order valence-corrected chi connectivity index (χ2v) is 11.0. The van der Waals surface area contributed by atoms with Crippen molar-refractivity contribution in [2.24, 2.45) is 5.92 Å². The van der Waals surface area contributed by atoms with Gasteiger partial charge in [0.2, 0.25) is 9.84 Å². The van der Waals surface area contributed by atoms with Gasteiger partial charge in [0.05, 0.1) is 11.4 Å². The van der Waals surface area contributed by atoms with Crippen molar-refractivity contribution in [3.05, 3.63) is 76.5 Å². The molecular weight excluding hydrogens is 540 g/mol. The number of sulfone groups is 1. The molecule has 2 N–H and O–H groups in total. The molecule has 2 aromatic heterocycles. The second-order valence-electron chi connectivity index (χ2n) is 8.53. The van der Waals surface area contributed by atoms with E-state index in [9.17, 15) is 26.4 Å². The number of carbonyl (C=O) groups excluding carboxylic acids is 1. The summed E-state index contributed by atoms with van der Waals surface area (Å²) in [6, 6.07) is 12.0. The predicted molar refractivity (Wildman–Crippen MR) is 123 cm³/mol. The van der Waals surface area contributed by atoms with E-state index in [0.717, 1.165) is 5.52 Å². The van der Waals surface area contributed by atoms with E-state index in [4.69, 9.17) is 16.1 Å². The van der Waals surface area contributed by atoms with Gasteiger partial charge in [-0.1, -0.05) is 35.0 Å². The van der Waals surface area contributed by atoms with Crippen LogP contribution in [-0.2, 0) is 39.0 Å². The fourth-order valence-electron chi connectivity index (χ4n) is 4.51. The van der Waals surface area contributed by atoms with E-state index in [2.05, 4.69) is 15.1 Å². The number of fused-ring (bicyclic) bond motifs is 3. The maximum Gasteiger partial charge on any atom is 0.471 e. The molecule has 14 heteroatoms. The van der Waals surface area contributed by atoms with Gasteiger partial charge in [-0.2, -0.15) is 18.2 Å². The van der Waals surface area contributed by atoms with Gasteiger partial charge in [0.15, 0.2) is 5.82 Å². The van der Waals surface area contributed by atoms with Crippen molar-refractivity contribution in [3.8, 4) is 0 Å². The van der Waals surface area contributed by atoms with Crippen LogP contribution in [0.5, 0.6) is 0 Å². The first kappa shape index (κ1) is 25.2. The third kappa shape index (κ3) is 4.25. The van der Waals surface area contributed by atoms with Gasteiger partial charge in [-0.15, -0.1) is 0 Å². The molecular formula is C23H17ClF4N4O4S. The van der Waals surface area contributed by atoms with Crippen LogP contribution in [0.1, 0.15) is 23.0 Å². The van der Waals surface area contributed by atoms with Crippen molar-refractivity contribution in [1.29, 1.82) is 0 Å². The summed E-state index contributed by atoms with van der Waals surface area (Å²) in [7, 11) is -4.81. The lowest BCUT2D eigenvalue weighted by Gasteiger charge is -2.27. The molecule has 0 saturated carbocycles. The fourth-order valence-corrected chi connectivity index (χ4v) is 6.46. The molecule has 194 valence electrons. The van der Waals surface area contributed by atoms with Gasteiger partial charge in [0.25, 0.3) is 10.9 Å². The summed E-state index contributed by atoms with van der Waals surface area (Å²) in [5.74, 6) is -4.95. The molecule has 1 aliphatic rings. The van der Waals surface area contributed by atoms with E-state index < -0.39 is 51.1 Å². The smallest absolute Gasteiger partial charge is 0.358 e. The Hall–Kier alpha value is -3.45. The first-order valence-corrected chi connectivity index (χ1v) is 12.7. The maximum atomic E-state index is 17.1. The number of nitrogens with one attached hydrogen (secondary N) is 2. The van der Waals surface area contributed by atoms with E-state index in [1.165, 1.54) is 24.3 Å². The molecule has 0 unspecified atom stereocenters. The maximum absolute atomic E-state index is 17.1. The molecule has 37 heavy (non-hydrogen) atoms. The highest BCUT2D eigenvalue weighted by atomic mass is 35.5. The second kappa shape index (κ2) is 8.84. The molecule has 4 aromatic rings. The number of H-pyrrole nitrogens is 1. The Morgan fingerprint density at radius 2 is 1.86 bits per heavy atom. The molecule has 2 heterocycles. The third-order valence-corrected chi connectivity index (χ3v) is 8.67. The Balaban J connectivity index is 1.54. The van der Waals surface area contributed by atoms with Crippen molar-refractivity contribution in [2.45, 2.75) is 35.5 Å². The monoisotopic (exact) mass is 556 g/mol. The number of amides is 1. The zero-order valence-electron chi connectivity index (χ0n) is 18.6. The molecule has 0 bridgehead atoms. The molecule has 1 amide bonds. The van der Waals surface area contributed by atoms with Gasteiger partial charge >= 0.3 is 12.1 Å². The highest BCUT2D eigenvalue weighted by Crippen LogP contribution is 2.49. The number of halogens is 5. The summed E-state index contributed by atoms with van der Waals surface area (Å²) in [6.45, 7) is -0.851. The zero-order valence-corrected chi connectivity index (χ0v) is 20.2. The number of benzene rings is 2. The van der Waals surface area contributed by atoms with E-state index in [1.807, 2.05) is 0 Å². The minimum absolute atomic E-state index is 0.0270. The lowest BCUT2D eigenvalue weighted by atomic mass is 9.98. The van der Waals surface area contributed by atoms with Crippen LogP contribution in [0.2, 0.25) is 5.02 Å². The largest absolute Gasteiger partial charge is 0.471 e. The van der Waals surface area contributed by atoms with E-state index in [-0.39, 0.29) is 17.7 Å². The third-order valence-electron chi connectivity index (χ3n) is 6.25. The SMILES string of the molecule is O=C(NCc1noc([C@](F)([C@H]2Cc3[nH]c4ccc(Cl)cc4c3C2)S(=O)(=O)c2ccccc2)n1)C(F)(F)F. The molecule has 1 aliphatic carbocycles. The Morgan fingerprint density at radius 3 is 2.57 bits per heavy atom. The lowest BCUT2D eigenvalue weighted by Crippen LogP contribution is -2.40. The van der Waals surface area contributed by atoms with Crippen LogP contribution in [0.15, 0.2) is 57.9 Å². The molecule has 0 fully saturated rings. The number of nitrogens with zero attached hydrogens (tertiary/aromatic N) is 2. The number of hydrogen-bond acceptors (Lipinski definition) is 6. The first-order chi connectivity index (χ1) is 17.4. The zero-order chi connectivity index (χ0) is 26.6. The molecule has 0 aliphatic heterocycles. The van der Waals surface area contributed by atoms with Crippen molar-refractivity contribution < 1.29 is 35.3 Å². The summed E-state index contributed by atoms with van der Waals surface area (Å²) in [5.41, 5.74) is 2.05. The predicted octanol–water partition coefficient (Wildman–Crippen LogP) is 4.39. The van der Waals surface area contributed by atoms with Crippen LogP contribution < -0.4 is 5.32 Å². The molecule has 2 aromatic carbocycles. The number of rotatable bonds is 6. The summed E-state index contributed by atoms with van der Waals surface area (Å²) < 4.78 is 87.0. The molecule has 2 atom stereocenters. The van der Waals surface area contributed by atoms with Crippen molar-refractivity contribution in [1.82, 2.24) is 20.4 Å². The summed E-state index contributed by atoms with van der Waals surface area (Å²) in [5, 5.41) is 2.88. The van der Waals surface area contributed by atoms with Gasteiger partial charge in [-0.05, 0) is 48.7 Å². The van der Waals surface area contributed by atoms with Crippen molar-refractivity contribution in [3.63, 3.8) is 0 Å². The fraction of sp³-hybridized carbons (Fsp3) is 0.261. The molecule has 0 spiro atoms. The van der Waals surface area contributed by atoms with Gasteiger partial charge < -0.3 is 14.8 Å². The van der Waals surface area contributed by atoms with Gasteiger partial charge in [-0.25, -0.2) is 12.8 Å². The number of aromatic amines is 1.